The molecule has 0 aliphatic heterocycles. The summed E-state index contributed by atoms with van der Waals surface area (Å²) in [6.07, 6.45) is 0.828. The second-order valence-electron chi connectivity index (χ2n) is 5.01. The third kappa shape index (κ3) is 5.23. The first-order valence-corrected chi connectivity index (χ1v) is 5.52. The molecule has 0 bridgehead atoms. The van der Waals surface area contributed by atoms with E-state index < -0.39 is 0 Å². The zero-order chi connectivity index (χ0) is 12.0. The van der Waals surface area contributed by atoms with Crippen LogP contribution in [-0.4, -0.2) is 30.4 Å². The molecule has 0 spiro atoms. The molecule has 1 aromatic rings. The van der Waals surface area contributed by atoms with Crippen molar-refractivity contribution >= 4 is 0 Å². The minimum absolute atomic E-state index is 0.185. The molecular weight excluding hydrogens is 206 g/mol. The van der Waals surface area contributed by atoms with Crippen LogP contribution in [-0.2, 0) is 17.7 Å². The number of rotatable bonds is 6. The van der Waals surface area contributed by atoms with Crippen molar-refractivity contribution in [3.8, 4) is 0 Å². The summed E-state index contributed by atoms with van der Waals surface area (Å²) >= 11 is 0. The van der Waals surface area contributed by atoms with Crippen molar-refractivity contribution in [3.63, 3.8) is 0 Å². The fraction of sp³-hybridized carbons (Fsp3) is 0.818. The average Bonchev–Trinajstić information content (AvgIpc) is 2.58. The molecule has 0 aromatic carbocycles. The Morgan fingerprint density at radius 1 is 1.38 bits per heavy atom. The van der Waals surface area contributed by atoms with E-state index in [1.165, 1.54) is 0 Å². The number of methoxy groups -OCH3 is 1. The van der Waals surface area contributed by atoms with Crippen molar-refractivity contribution in [1.82, 2.24) is 15.5 Å². The maximum absolute atomic E-state index is 5.13. The van der Waals surface area contributed by atoms with Crippen molar-refractivity contribution in [3.05, 3.63) is 11.7 Å². The van der Waals surface area contributed by atoms with Crippen LogP contribution in [0.2, 0.25) is 0 Å². The lowest BCUT2D eigenvalue weighted by molar-refractivity contribution is 0.197. The third-order valence-corrected chi connectivity index (χ3v) is 1.96. The quantitative estimate of drug-likeness (QED) is 0.744. The number of aromatic nitrogens is 2. The minimum atomic E-state index is 0.185. The highest BCUT2D eigenvalue weighted by Crippen LogP contribution is 2.18. The van der Waals surface area contributed by atoms with Gasteiger partial charge in [-0.05, 0) is 5.41 Å². The van der Waals surface area contributed by atoms with Gasteiger partial charge in [0.1, 0.15) is 0 Å². The van der Waals surface area contributed by atoms with Gasteiger partial charge in [-0.25, -0.2) is 0 Å². The molecule has 0 aliphatic rings. The third-order valence-electron chi connectivity index (χ3n) is 1.96. The van der Waals surface area contributed by atoms with Crippen LogP contribution in [0.4, 0.5) is 0 Å². The lowest BCUT2D eigenvalue weighted by atomic mass is 9.92. The summed E-state index contributed by atoms with van der Waals surface area (Å²) in [5.74, 6) is 1.41. The van der Waals surface area contributed by atoms with Crippen LogP contribution in [0.15, 0.2) is 4.52 Å². The first kappa shape index (κ1) is 13.1. The molecule has 16 heavy (non-hydrogen) atoms. The summed E-state index contributed by atoms with van der Waals surface area (Å²) in [5.41, 5.74) is 0.185. The summed E-state index contributed by atoms with van der Waals surface area (Å²) in [6.45, 7) is 8.52. The van der Waals surface area contributed by atoms with E-state index in [1.54, 1.807) is 7.11 Å². The SMILES string of the molecule is COCCNCc1nc(CC(C)(C)C)no1. The molecule has 0 radical (unpaired) electrons. The van der Waals surface area contributed by atoms with Crippen LogP contribution >= 0.6 is 0 Å². The molecule has 0 fully saturated rings. The van der Waals surface area contributed by atoms with Gasteiger partial charge in [-0.1, -0.05) is 25.9 Å². The Morgan fingerprint density at radius 2 is 2.12 bits per heavy atom. The summed E-state index contributed by atoms with van der Waals surface area (Å²) in [6, 6.07) is 0. The van der Waals surface area contributed by atoms with Crippen LogP contribution in [0.1, 0.15) is 32.5 Å². The van der Waals surface area contributed by atoms with Crippen molar-refractivity contribution < 1.29 is 9.26 Å². The summed E-state index contributed by atoms with van der Waals surface area (Å²) in [4.78, 5) is 4.31. The van der Waals surface area contributed by atoms with Gasteiger partial charge < -0.3 is 14.6 Å². The van der Waals surface area contributed by atoms with Crippen LogP contribution in [0.5, 0.6) is 0 Å². The van der Waals surface area contributed by atoms with Gasteiger partial charge in [0.15, 0.2) is 5.82 Å². The van der Waals surface area contributed by atoms with Crippen LogP contribution in [0.3, 0.4) is 0 Å². The molecule has 0 saturated heterocycles. The van der Waals surface area contributed by atoms with E-state index in [-0.39, 0.29) is 5.41 Å². The topological polar surface area (TPSA) is 60.2 Å². The molecule has 1 aromatic heterocycles. The second kappa shape index (κ2) is 5.96. The van der Waals surface area contributed by atoms with Crippen LogP contribution < -0.4 is 5.32 Å². The first-order valence-electron chi connectivity index (χ1n) is 5.52. The molecule has 0 atom stereocenters. The van der Waals surface area contributed by atoms with Crippen molar-refractivity contribution in [2.45, 2.75) is 33.7 Å². The zero-order valence-corrected chi connectivity index (χ0v) is 10.5. The van der Waals surface area contributed by atoms with E-state index in [0.717, 1.165) is 18.8 Å². The molecule has 1 rings (SSSR count). The predicted octanol–water partition coefficient (Wildman–Crippen LogP) is 1.39. The van der Waals surface area contributed by atoms with Gasteiger partial charge in [0.25, 0.3) is 0 Å². The average molecular weight is 227 g/mol. The Labute approximate surface area is 96.6 Å². The predicted molar refractivity (Wildman–Crippen MR) is 61.0 cm³/mol. The lowest BCUT2D eigenvalue weighted by Crippen LogP contribution is -2.18. The summed E-state index contributed by atoms with van der Waals surface area (Å²) in [7, 11) is 1.68. The molecule has 5 heteroatoms. The molecule has 1 N–H and O–H groups in total. The highest BCUT2D eigenvalue weighted by atomic mass is 16.5. The normalized spacial score (nSPS) is 12.0. The van der Waals surface area contributed by atoms with Gasteiger partial charge in [0, 0.05) is 20.1 Å². The number of nitrogens with one attached hydrogen (secondary N) is 1. The van der Waals surface area contributed by atoms with E-state index in [0.29, 0.717) is 19.0 Å². The first-order chi connectivity index (χ1) is 7.51. The molecular formula is C11H21N3O2. The summed E-state index contributed by atoms with van der Waals surface area (Å²) < 4.78 is 10.0. The maximum Gasteiger partial charge on any atom is 0.240 e. The van der Waals surface area contributed by atoms with Gasteiger partial charge in [0.05, 0.1) is 13.2 Å². The standard InChI is InChI=1S/C11H21N3O2/c1-11(2,3)7-9-13-10(16-14-9)8-12-5-6-15-4/h12H,5-8H2,1-4H3. The van der Waals surface area contributed by atoms with E-state index in [1.807, 2.05) is 0 Å². The summed E-state index contributed by atoms with van der Waals surface area (Å²) in [5, 5.41) is 7.10. The Balaban J connectivity index is 2.34. The van der Waals surface area contributed by atoms with Gasteiger partial charge in [-0.2, -0.15) is 4.98 Å². The molecule has 0 saturated carbocycles. The van der Waals surface area contributed by atoms with Crippen molar-refractivity contribution in [2.75, 3.05) is 20.3 Å². The maximum atomic E-state index is 5.13. The van der Waals surface area contributed by atoms with Crippen LogP contribution in [0.25, 0.3) is 0 Å². The lowest BCUT2D eigenvalue weighted by Gasteiger charge is -2.14. The second-order valence-corrected chi connectivity index (χ2v) is 5.01. The smallest absolute Gasteiger partial charge is 0.240 e. The molecule has 0 aliphatic carbocycles. The van der Waals surface area contributed by atoms with E-state index in [9.17, 15) is 0 Å². The minimum Gasteiger partial charge on any atom is -0.383 e. The number of hydrogen-bond acceptors (Lipinski definition) is 5. The zero-order valence-electron chi connectivity index (χ0n) is 10.5. The highest BCUT2D eigenvalue weighted by molar-refractivity contribution is 4.89. The van der Waals surface area contributed by atoms with Gasteiger partial charge in [0.2, 0.25) is 5.89 Å². The molecule has 0 amide bonds. The van der Waals surface area contributed by atoms with Crippen molar-refractivity contribution in [1.29, 1.82) is 0 Å². The van der Waals surface area contributed by atoms with Crippen molar-refractivity contribution in [2.24, 2.45) is 5.41 Å². The van der Waals surface area contributed by atoms with Gasteiger partial charge >= 0.3 is 0 Å². The Kier molecular flexibility index (Phi) is 4.89. The van der Waals surface area contributed by atoms with E-state index >= 15 is 0 Å². The van der Waals surface area contributed by atoms with Gasteiger partial charge in [-0.15, -0.1) is 0 Å². The van der Waals surface area contributed by atoms with Gasteiger partial charge in [-0.3, -0.25) is 0 Å². The molecule has 5 nitrogen and oxygen atoms in total. The number of nitrogens with zero attached hydrogens (tertiary/aromatic N) is 2. The van der Waals surface area contributed by atoms with E-state index in [2.05, 4.69) is 36.2 Å². The highest BCUT2D eigenvalue weighted by Gasteiger charge is 2.15. The molecule has 1 heterocycles. The molecule has 92 valence electrons. The molecule has 0 unspecified atom stereocenters. The Hall–Kier alpha value is -0.940. The fourth-order valence-corrected chi connectivity index (χ4v) is 1.28. The number of ether oxygens (including phenoxy) is 1. The Bertz CT molecular complexity index is 304. The monoisotopic (exact) mass is 227 g/mol. The number of hydrogen-bond donors (Lipinski definition) is 1. The fourth-order valence-electron chi connectivity index (χ4n) is 1.28. The largest absolute Gasteiger partial charge is 0.383 e. The Morgan fingerprint density at radius 3 is 2.75 bits per heavy atom. The van der Waals surface area contributed by atoms with E-state index in [4.69, 9.17) is 9.26 Å². The van der Waals surface area contributed by atoms with Crippen LogP contribution in [0, 0.1) is 5.41 Å².